The first-order chi connectivity index (χ1) is 4.79. The SMILES string of the molecule is O=C(O)Nc1cccnc1. The summed E-state index contributed by atoms with van der Waals surface area (Å²) in [6.45, 7) is 0. The number of amides is 1. The van der Waals surface area contributed by atoms with E-state index in [4.69, 9.17) is 5.11 Å². The fourth-order valence-electron chi connectivity index (χ4n) is 0.560. The van der Waals surface area contributed by atoms with Gasteiger partial charge in [0.05, 0.1) is 11.9 Å². The Morgan fingerprint density at radius 1 is 1.70 bits per heavy atom. The summed E-state index contributed by atoms with van der Waals surface area (Å²) >= 11 is 0. The first-order valence-corrected chi connectivity index (χ1v) is 2.69. The molecule has 4 heteroatoms. The standard InChI is InChI=1S/C6H6N2O2/c9-6(10)8-5-2-1-3-7-4-5/h1-4,8H,(H,9,10). The van der Waals surface area contributed by atoms with Gasteiger partial charge in [-0.25, -0.2) is 4.79 Å². The van der Waals surface area contributed by atoms with Gasteiger partial charge < -0.3 is 5.11 Å². The number of anilines is 1. The second-order valence-corrected chi connectivity index (χ2v) is 1.67. The Morgan fingerprint density at radius 3 is 3.00 bits per heavy atom. The van der Waals surface area contributed by atoms with Crippen LogP contribution in [-0.4, -0.2) is 16.2 Å². The lowest BCUT2D eigenvalue weighted by Crippen LogP contribution is -2.06. The molecule has 1 amide bonds. The molecule has 0 aromatic carbocycles. The van der Waals surface area contributed by atoms with Crippen LogP contribution in [0.5, 0.6) is 0 Å². The molecule has 0 radical (unpaired) electrons. The number of aromatic nitrogens is 1. The minimum atomic E-state index is -1.08. The van der Waals surface area contributed by atoms with Crippen molar-refractivity contribution >= 4 is 11.8 Å². The molecule has 1 rings (SSSR count). The number of rotatable bonds is 1. The first-order valence-electron chi connectivity index (χ1n) is 2.69. The van der Waals surface area contributed by atoms with Crippen LogP contribution in [0.25, 0.3) is 0 Å². The van der Waals surface area contributed by atoms with Gasteiger partial charge in [-0.05, 0) is 12.1 Å². The molecule has 0 atom stereocenters. The normalized spacial score (nSPS) is 8.80. The fraction of sp³-hybridized carbons (Fsp3) is 0. The molecule has 0 unspecified atom stereocenters. The quantitative estimate of drug-likeness (QED) is 0.612. The second kappa shape index (κ2) is 2.82. The van der Waals surface area contributed by atoms with Gasteiger partial charge in [-0.3, -0.25) is 10.3 Å². The maximum atomic E-state index is 10.0. The Bertz CT molecular complexity index is 222. The highest BCUT2D eigenvalue weighted by Gasteiger charge is 1.93. The molecule has 0 saturated carbocycles. The highest BCUT2D eigenvalue weighted by molar-refractivity contribution is 5.82. The zero-order valence-corrected chi connectivity index (χ0v) is 5.11. The van der Waals surface area contributed by atoms with Gasteiger partial charge in [-0.1, -0.05) is 0 Å². The predicted octanol–water partition coefficient (Wildman–Crippen LogP) is 1.17. The average Bonchev–Trinajstić information content (AvgIpc) is 1.88. The van der Waals surface area contributed by atoms with E-state index in [1.54, 1.807) is 18.3 Å². The molecule has 10 heavy (non-hydrogen) atoms. The van der Waals surface area contributed by atoms with Crippen LogP contribution in [0, 0.1) is 0 Å². The Kier molecular flexibility index (Phi) is 1.84. The summed E-state index contributed by atoms with van der Waals surface area (Å²) in [6, 6.07) is 3.28. The monoisotopic (exact) mass is 138 g/mol. The molecular formula is C6H6N2O2. The van der Waals surface area contributed by atoms with E-state index in [0.29, 0.717) is 5.69 Å². The highest BCUT2D eigenvalue weighted by atomic mass is 16.4. The van der Waals surface area contributed by atoms with Gasteiger partial charge in [0.2, 0.25) is 0 Å². The maximum Gasteiger partial charge on any atom is 0.409 e. The number of nitrogens with zero attached hydrogens (tertiary/aromatic N) is 1. The van der Waals surface area contributed by atoms with Crippen LogP contribution in [0.3, 0.4) is 0 Å². The van der Waals surface area contributed by atoms with Crippen molar-refractivity contribution in [3.8, 4) is 0 Å². The molecular weight excluding hydrogens is 132 g/mol. The molecule has 1 aromatic heterocycles. The lowest BCUT2D eigenvalue weighted by molar-refractivity contribution is 0.209. The molecule has 1 heterocycles. The number of pyridine rings is 1. The molecule has 0 saturated heterocycles. The second-order valence-electron chi connectivity index (χ2n) is 1.67. The smallest absolute Gasteiger partial charge is 0.409 e. The summed E-state index contributed by atoms with van der Waals surface area (Å²) in [4.78, 5) is 13.7. The Hall–Kier alpha value is -1.58. The van der Waals surface area contributed by atoms with Gasteiger partial charge in [0, 0.05) is 6.20 Å². The van der Waals surface area contributed by atoms with E-state index in [2.05, 4.69) is 10.3 Å². The highest BCUT2D eigenvalue weighted by Crippen LogP contribution is 2.00. The number of hydrogen-bond acceptors (Lipinski definition) is 2. The minimum absolute atomic E-state index is 0.481. The topological polar surface area (TPSA) is 62.2 Å². The van der Waals surface area contributed by atoms with Crippen molar-refractivity contribution in [3.63, 3.8) is 0 Å². The molecule has 0 spiro atoms. The number of carboxylic acid groups (broad SMARTS) is 1. The van der Waals surface area contributed by atoms with E-state index in [9.17, 15) is 4.79 Å². The summed E-state index contributed by atoms with van der Waals surface area (Å²) in [5, 5.41) is 10.4. The number of nitrogens with one attached hydrogen (secondary N) is 1. The van der Waals surface area contributed by atoms with E-state index in [0.717, 1.165) is 0 Å². The van der Waals surface area contributed by atoms with Crippen LogP contribution in [0.2, 0.25) is 0 Å². The molecule has 0 aliphatic heterocycles. The number of hydrogen-bond donors (Lipinski definition) is 2. The van der Waals surface area contributed by atoms with Gasteiger partial charge >= 0.3 is 6.09 Å². The molecule has 52 valence electrons. The third kappa shape index (κ3) is 1.74. The third-order valence-corrected chi connectivity index (χ3v) is 0.913. The zero-order valence-electron chi connectivity index (χ0n) is 5.11. The number of carbonyl (C=O) groups is 1. The predicted molar refractivity (Wildman–Crippen MR) is 35.9 cm³/mol. The van der Waals surface area contributed by atoms with Crippen molar-refractivity contribution < 1.29 is 9.90 Å². The Morgan fingerprint density at radius 2 is 2.50 bits per heavy atom. The lowest BCUT2D eigenvalue weighted by Gasteiger charge is -1.96. The van der Waals surface area contributed by atoms with Crippen LogP contribution >= 0.6 is 0 Å². The van der Waals surface area contributed by atoms with Crippen molar-refractivity contribution in [2.24, 2.45) is 0 Å². The van der Waals surface area contributed by atoms with E-state index in [1.165, 1.54) is 6.20 Å². The fourth-order valence-corrected chi connectivity index (χ4v) is 0.560. The molecule has 4 nitrogen and oxygen atoms in total. The lowest BCUT2D eigenvalue weighted by atomic mass is 10.4. The van der Waals surface area contributed by atoms with Crippen molar-refractivity contribution in [1.82, 2.24) is 4.98 Å². The van der Waals surface area contributed by atoms with Crippen LogP contribution in [-0.2, 0) is 0 Å². The molecule has 0 bridgehead atoms. The van der Waals surface area contributed by atoms with Gasteiger partial charge in [-0.2, -0.15) is 0 Å². The Balaban J connectivity index is 2.67. The third-order valence-electron chi connectivity index (χ3n) is 0.913. The average molecular weight is 138 g/mol. The largest absolute Gasteiger partial charge is 0.465 e. The van der Waals surface area contributed by atoms with Gasteiger partial charge in [0.15, 0.2) is 0 Å². The first kappa shape index (κ1) is 6.54. The van der Waals surface area contributed by atoms with Crippen LogP contribution in [0.1, 0.15) is 0 Å². The maximum absolute atomic E-state index is 10.0. The summed E-state index contributed by atoms with van der Waals surface area (Å²) in [5.74, 6) is 0. The van der Waals surface area contributed by atoms with Crippen LogP contribution in [0.4, 0.5) is 10.5 Å². The van der Waals surface area contributed by atoms with E-state index >= 15 is 0 Å². The van der Waals surface area contributed by atoms with E-state index < -0.39 is 6.09 Å². The van der Waals surface area contributed by atoms with Crippen LogP contribution < -0.4 is 5.32 Å². The van der Waals surface area contributed by atoms with Gasteiger partial charge in [0.25, 0.3) is 0 Å². The summed E-state index contributed by atoms with van der Waals surface area (Å²) < 4.78 is 0. The minimum Gasteiger partial charge on any atom is -0.465 e. The molecule has 0 aliphatic rings. The summed E-state index contributed by atoms with van der Waals surface area (Å²) in [7, 11) is 0. The molecule has 0 aliphatic carbocycles. The van der Waals surface area contributed by atoms with Gasteiger partial charge in [-0.15, -0.1) is 0 Å². The molecule has 2 N–H and O–H groups in total. The van der Waals surface area contributed by atoms with E-state index in [-0.39, 0.29) is 0 Å². The van der Waals surface area contributed by atoms with Crippen molar-refractivity contribution in [3.05, 3.63) is 24.5 Å². The zero-order chi connectivity index (χ0) is 7.40. The Labute approximate surface area is 57.5 Å². The van der Waals surface area contributed by atoms with Crippen molar-refractivity contribution in [2.75, 3.05) is 5.32 Å². The summed E-state index contributed by atoms with van der Waals surface area (Å²) in [5.41, 5.74) is 0.481. The van der Waals surface area contributed by atoms with E-state index in [1.807, 2.05) is 0 Å². The molecule has 0 fully saturated rings. The summed E-state index contributed by atoms with van der Waals surface area (Å²) in [6.07, 6.45) is 1.94. The van der Waals surface area contributed by atoms with Crippen LogP contribution in [0.15, 0.2) is 24.5 Å². The van der Waals surface area contributed by atoms with Crippen molar-refractivity contribution in [1.29, 1.82) is 0 Å². The van der Waals surface area contributed by atoms with Gasteiger partial charge in [0.1, 0.15) is 0 Å². The van der Waals surface area contributed by atoms with Crippen molar-refractivity contribution in [2.45, 2.75) is 0 Å². The molecule has 1 aromatic rings.